The zero-order valence-corrected chi connectivity index (χ0v) is 19.2. The van der Waals surface area contributed by atoms with Crippen LogP contribution >= 0.6 is 0 Å². The number of carbonyl (C=O) groups excluding carboxylic acids is 4. The summed E-state index contributed by atoms with van der Waals surface area (Å²) in [6.07, 6.45) is 0.417. The van der Waals surface area contributed by atoms with E-state index in [0.717, 1.165) is 9.21 Å². The topological polar surface area (TPSA) is 118 Å². The molecule has 9 nitrogen and oxygen atoms in total. The summed E-state index contributed by atoms with van der Waals surface area (Å²) >= 11 is 0. The van der Waals surface area contributed by atoms with Crippen molar-refractivity contribution in [3.8, 4) is 0 Å². The van der Waals surface area contributed by atoms with Gasteiger partial charge in [-0.1, -0.05) is 49.4 Å². The summed E-state index contributed by atoms with van der Waals surface area (Å²) < 4.78 is 33.4. The molecule has 1 saturated heterocycles. The van der Waals surface area contributed by atoms with E-state index in [1.54, 1.807) is 31.2 Å². The molecule has 10 heteroatoms. The number of Topliss-reactive ketones (excluding diaryl/α,β-unsaturated/α-hetero) is 1. The molecule has 2 heterocycles. The van der Waals surface area contributed by atoms with Gasteiger partial charge < -0.3 is 4.74 Å². The monoisotopic (exact) mass is 482 g/mol. The summed E-state index contributed by atoms with van der Waals surface area (Å²) in [7, 11) is -4.11. The number of sulfonamides is 1. The number of amides is 2. The zero-order chi connectivity index (χ0) is 24.5. The molecule has 0 bridgehead atoms. The first-order valence-corrected chi connectivity index (χ1v) is 12.2. The van der Waals surface area contributed by atoms with E-state index in [4.69, 9.17) is 4.74 Å². The molecule has 176 valence electrons. The minimum atomic E-state index is -4.11. The molecule has 0 unspecified atom stereocenters. The summed E-state index contributed by atoms with van der Waals surface area (Å²) in [5.74, 6) is -2.80. The number of carbonyl (C=O) groups is 4. The fraction of sp³-hybridized carbons (Fsp3) is 0.250. The Morgan fingerprint density at radius 2 is 1.56 bits per heavy atom. The Morgan fingerprint density at radius 1 is 0.941 bits per heavy atom. The van der Waals surface area contributed by atoms with Crippen molar-refractivity contribution in [1.82, 2.24) is 9.21 Å². The molecule has 4 rings (SSSR count). The Morgan fingerprint density at radius 3 is 2.21 bits per heavy atom. The molecule has 34 heavy (non-hydrogen) atoms. The van der Waals surface area contributed by atoms with Crippen molar-refractivity contribution < 1.29 is 32.3 Å². The van der Waals surface area contributed by atoms with Crippen molar-refractivity contribution in [2.45, 2.75) is 31.1 Å². The largest absolute Gasteiger partial charge is 0.422 e. The van der Waals surface area contributed by atoms with E-state index in [0.29, 0.717) is 6.42 Å². The second-order valence-corrected chi connectivity index (χ2v) is 9.62. The molecule has 2 aliphatic heterocycles. The van der Waals surface area contributed by atoms with Crippen molar-refractivity contribution in [1.29, 1.82) is 0 Å². The van der Waals surface area contributed by atoms with Crippen LogP contribution in [0.25, 0.3) is 5.76 Å². The molecule has 0 N–H and O–H groups in total. The maximum atomic E-state index is 13.5. The molecule has 0 radical (unpaired) electrons. The van der Waals surface area contributed by atoms with Crippen LogP contribution in [0.15, 0.2) is 65.2 Å². The summed E-state index contributed by atoms with van der Waals surface area (Å²) in [5, 5.41) is 0. The predicted molar refractivity (Wildman–Crippen MR) is 120 cm³/mol. The third-order valence-corrected chi connectivity index (χ3v) is 7.36. The molecular formula is C24H22N2O7S. The Hall–Kier alpha value is -3.79. The second-order valence-electron chi connectivity index (χ2n) is 7.79. The number of fused-ring (bicyclic) bond motifs is 1. The summed E-state index contributed by atoms with van der Waals surface area (Å²) in [5.41, 5.74) is -0.0210. The average molecular weight is 483 g/mol. The van der Waals surface area contributed by atoms with Gasteiger partial charge in [0, 0.05) is 30.5 Å². The summed E-state index contributed by atoms with van der Waals surface area (Å²) in [4.78, 5) is 50.9. The zero-order valence-electron chi connectivity index (χ0n) is 18.4. The minimum Gasteiger partial charge on any atom is -0.422 e. The predicted octanol–water partition coefficient (Wildman–Crippen LogP) is 2.34. The molecule has 2 amide bonds. The fourth-order valence-electron chi connectivity index (χ4n) is 3.91. The van der Waals surface area contributed by atoms with Crippen molar-refractivity contribution in [2.75, 3.05) is 13.1 Å². The van der Waals surface area contributed by atoms with Crippen LogP contribution in [0.2, 0.25) is 0 Å². The molecule has 2 aromatic rings. The maximum Gasteiger partial charge on any atom is 0.331 e. The molecule has 2 aliphatic rings. The average Bonchev–Trinajstić information content (AvgIpc) is 3.14. The van der Waals surface area contributed by atoms with Gasteiger partial charge in [0.25, 0.3) is 10.0 Å². The van der Waals surface area contributed by atoms with E-state index in [2.05, 4.69) is 0 Å². The Bertz CT molecular complexity index is 1300. The number of benzene rings is 2. The SMILES string of the molecule is CCCN1C(C(=O)c2ccccc2)=C(OC(=O)CN2C(=O)CCC2=O)c2ccccc2S1(=O)=O. The van der Waals surface area contributed by atoms with Crippen LogP contribution in [0.3, 0.4) is 0 Å². The van der Waals surface area contributed by atoms with Crippen molar-refractivity contribution in [3.63, 3.8) is 0 Å². The number of imide groups is 1. The third-order valence-electron chi connectivity index (χ3n) is 5.50. The van der Waals surface area contributed by atoms with E-state index >= 15 is 0 Å². The molecule has 2 aromatic carbocycles. The van der Waals surface area contributed by atoms with Crippen LogP contribution in [0, 0.1) is 0 Å². The maximum absolute atomic E-state index is 13.5. The lowest BCUT2D eigenvalue weighted by Gasteiger charge is -2.32. The third kappa shape index (κ3) is 4.12. The van der Waals surface area contributed by atoms with Gasteiger partial charge in [0.2, 0.25) is 17.6 Å². The van der Waals surface area contributed by atoms with Gasteiger partial charge >= 0.3 is 5.97 Å². The number of nitrogens with zero attached hydrogens (tertiary/aromatic N) is 2. The van der Waals surface area contributed by atoms with Gasteiger partial charge in [-0.3, -0.25) is 23.6 Å². The lowest BCUT2D eigenvalue weighted by molar-refractivity contribution is -0.148. The molecule has 0 aliphatic carbocycles. The Kier molecular flexibility index (Phi) is 6.34. The molecule has 1 fully saturated rings. The van der Waals surface area contributed by atoms with Crippen LogP contribution in [0.1, 0.15) is 42.1 Å². The highest BCUT2D eigenvalue weighted by Crippen LogP contribution is 2.39. The first-order chi connectivity index (χ1) is 16.3. The van der Waals surface area contributed by atoms with Crippen molar-refractivity contribution in [3.05, 3.63) is 71.4 Å². The number of ketones is 1. The Labute approximate surface area is 196 Å². The number of hydrogen-bond acceptors (Lipinski definition) is 7. The van der Waals surface area contributed by atoms with E-state index in [-0.39, 0.29) is 46.9 Å². The van der Waals surface area contributed by atoms with Gasteiger partial charge in [0.1, 0.15) is 12.2 Å². The molecule has 0 saturated carbocycles. The highest BCUT2D eigenvalue weighted by atomic mass is 32.2. The number of esters is 1. The Balaban J connectivity index is 1.86. The van der Waals surface area contributed by atoms with E-state index in [1.807, 2.05) is 0 Å². The quantitative estimate of drug-likeness (QED) is 0.338. The number of ether oxygens (including phenoxy) is 1. The summed E-state index contributed by atoms with van der Waals surface area (Å²) in [6, 6.07) is 14.0. The smallest absolute Gasteiger partial charge is 0.331 e. The van der Waals surface area contributed by atoms with Gasteiger partial charge in [-0.2, -0.15) is 0 Å². The summed E-state index contributed by atoms with van der Waals surface area (Å²) in [6.45, 7) is 1.11. The minimum absolute atomic E-state index is 0.0118. The van der Waals surface area contributed by atoms with Crippen LogP contribution < -0.4 is 0 Å². The van der Waals surface area contributed by atoms with Gasteiger partial charge in [0.05, 0.1) is 4.90 Å². The lowest BCUT2D eigenvalue weighted by Crippen LogP contribution is -2.40. The van der Waals surface area contributed by atoms with Gasteiger partial charge in [-0.05, 0) is 18.6 Å². The fourth-order valence-corrected chi connectivity index (χ4v) is 5.67. The van der Waals surface area contributed by atoms with E-state index < -0.39 is 40.1 Å². The normalized spacial score (nSPS) is 17.1. The van der Waals surface area contributed by atoms with Crippen LogP contribution in [0.4, 0.5) is 0 Å². The molecule has 0 atom stereocenters. The highest BCUT2D eigenvalue weighted by molar-refractivity contribution is 7.89. The van der Waals surface area contributed by atoms with Crippen LogP contribution in [0.5, 0.6) is 0 Å². The van der Waals surface area contributed by atoms with Crippen LogP contribution in [-0.4, -0.2) is 54.3 Å². The van der Waals surface area contributed by atoms with Crippen LogP contribution in [-0.2, 0) is 29.1 Å². The van der Waals surface area contributed by atoms with E-state index in [9.17, 15) is 27.6 Å². The first kappa shape index (κ1) is 23.4. The standard InChI is InChI=1S/C24H22N2O7S/c1-2-14-26-22(23(30)16-8-4-3-5-9-16)24(17-10-6-7-11-18(17)34(26,31)32)33-21(29)15-25-19(27)12-13-20(25)28/h3-11H,2,12-15H2,1H3. The second kappa shape index (κ2) is 9.22. The number of rotatable bonds is 7. The lowest BCUT2D eigenvalue weighted by atomic mass is 10.0. The van der Waals surface area contributed by atoms with Crippen molar-refractivity contribution in [2.24, 2.45) is 0 Å². The van der Waals surface area contributed by atoms with Gasteiger partial charge in [0.15, 0.2) is 5.76 Å². The van der Waals surface area contributed by atoms with E-state index in [1.165, 1.54) is 30.3 Å². The van der Waals surface area contributed by atoms with Gasteiger partial charge in [-0.25, -0.2) is 13.2 Å². The van der Waals surface area contributed by atoms with Crippen molar-refractivity contribution >= 4 is 39.3 Å². The molecule has 0 spiro atoms. The number of allylic oxidation sites excluding steroid dienone is 1. The number of likely N-dealkylation sites (tertiary alicyclic amines) is 1. The van der Waals surface area contributed by atoms with Gasteiger partial charge in [-0.15, -0.1) is 0 Å². The number of hydrogen-bond donors (Lipinski definition) is 0. The first-order valence-electron chi connectivity index (χ1n) is 10.8. The highest BCUT2D eigenvalue weighted by Gasteiger charge is 2.42. The molecule has 0 aromatic heterocycles. The molecular weight excluding hydrogens is 460 g/mol.